The van der Waals surface area contributed by atoms with Crippen molar-refractivity contribution in [3.05, 3.63) is 39.6 Å². The van der Waals surface area contributed by atoms with Crippen LogP contribution in [0.2, 0.25) is 0 Å². The number of fused-ring (bicyclic) bond motifs is 1. The second-order valence-electron chi connectivity index (χ2n) is 6.96. The van der Waals surface area contributed by atoms with E-state index in [1.54, 1.807) is 10.9 Å². The third-order valence-corrected chi connectivity index (χ3v) is 5.20. The third-order valence-electron chi connectivity index (χ3n) is 5.20. The van der Waals surface area contributed by atoms with Gasteiger partial charge in [0.25, 0.3) is 5.56 Å². The molecule has 128 valence electrons. The minimum atomic E-state index is 0.0618. The van der Waals surface area contributed by atoms with Crippen molar-refractivity contribution in [2.24, 2.45) is 5.92 Å². The molecule has 24 heavy (non-hydrogen) atoms. The van der Waals surface area contributed by atoms with Crippen molar-refractivity contribution in [1.29, 1.82) is 0 Å². The van der Waals surface area contributed by atoms with E-state index >= 15 is 0 Å². The Morgan fingerprint density at radius 2 is 2.04 bits per heavy atom. The molecular weight excluding hydrogens is 306 g/mol. The van der Waals surface area contributed by atoms with Crippen molar-refractivity contribution in [3.8, 4) is 0 Å². The van der Waals surface area contributed by atoms with E-state index in [-0.39, 0.29) is 5.56 Å². The summed E-state index contributed by atoms with van der Waals surface area (Å²) in [6, 6.07) is 1.81. The van der Waals surface area contributed by atoms with Crippen LogP contribution in [0.25, 0.3) is 0 Å². The van der Waals surface area contributed by atoms with Crippen LogP contribution < -0.4 is 5.56 Å². The number of aryl methyl sites for hydroxylation is 2. The van der Waals surface area contributed by atoms with Crippen molar-refractivity contribution in [1.82, 2.24) is 25.0 Å². The maximum atomic E-state index is 12.3. The summed E-state index contributed by atoms with van der Waals surface area (Å²) in [5.41, 5.74) is 3.24. The van der Waals surface area contributed by atoms with Gasteiger partial charge >= 0.3 is 0 Å². The Bertz CT molecular complexity index is 732. The number of aromatic nitrogens is 4. The molecule has 0 aromatic carbocycles. The summed E-state index contributed by atoms with van der Waals surface area (Å²) in [4.78, 5) is 14.7. The standard InChI is InChI=1S/C17H23N5O2/c23-17-9-14-3-1-2-4-16(14)19-22(17)11-13-5-7-21(8-6-13)12-15-10-18-24-20-15/h9-10,13H,1-8,11-12H2. The molecule has 1 aliphatic heterocycles. The lowest BCUT2D eigenvalue weighted by Gasteiger charge is -2.31. The van der Waals surface area contributed by atoms with Gasteiger partial charge in [-0.05, 0) is 63.1 Å². The molecule has 7 nitrogen and oxygen atoms in total. The van der Waals surface area contributed by atoms with Crippen LogP contribution in [-0.4, -0.2) is 38.1 Å². The quantitative estimate of drug-likeness (QED) is 0.844. The van der Waals surface area contributed by atoms with Crippen LogP contribution in [0.15, 0.2) is 21.7 Å². The van der Waals surface area contributed by atoms with Gasteiger partial charge in [-0.1, -0.05) is 10.3 Å². The van der Waals surface area contributed by atoms with E-state index in [0.29, 0.717) is 5.92 Å². The van der Waals surface area contributed by atoms with Crippen molar-refractivity contribution in [2.75, 3.05) is 13.1 Å². The molecule has 2 aliphatic rings. The second kappa shape index (κ2) is 6.84. The van der Waals surface area contributed by atoms with Crippen molar-refractivity contribution in [2.45, 2.75) is 51.6 Å². The fourth-order valence-electron chi connectivity index (χ4n) is 3.79. The molecule has 0 saturated carbocycles. The predicted molar refractivity (Wildman–Crippen MR) is 87.4 cm³/mol. The molecule has 7 heteroatoms. The molecule has 1 aliphatic carbocycles. The van der Waals surface area contributed by atoms with E-state index in [9.17, 15) is 4.79 Å². The highest BCUT2D eigenvalue weighted by molar-refractivity contribution is 5.20. The van der Waals surface area contributed by atoms with Crippen LogP contribution in [0, 0.1) is 5.92 Å². The zero-order valence-corrected chi connectivity index (χ0v) is 13.9. The number of piperidine rings is 1. The first-order valence-corrected chi connectivity index (χ1v) is 8.86. The molecule has 1 fully saturated rings. The molecule has 0 amide bonds. The molecular formula is C17H23N5O2. The average Bonchev–Trinajstić information content (AvgIpc) is 3.10. The topological polar surface area (TPSA) is 77.0 Å². The van der Waals surface area contributed by atoms with Gasteiger partial charge in [-0.25, -0.2) is 9.31 Å². The van der Waals surface area contributed by atoms with Crippen molar-refractivity contribution >= 4 is 0 Å². The SMILES string of the molecule is O=c1cc2c(nn1CC1CCN(Cc3cnon3)CC1)CCCC2. The van der Waals surface area contributed by atoms with Gasteiger partial charge in [0, 0.05) is 19.2 Å². The molecule has 0 N–H and O–H groups in total. The fraction of sp³-hybridized carbons (Fsp3) is 0.647. The molecule has 0 atom stereocenters. The van der Waals surface area contributed by atoms with Gasteiger partial charge in [0.1, 0.15) is 5.69 Å². The number of hydrogen-bond donors (Lipinski definition) is 0. The number of rotatable bonds is 4. The lowest BCUT2D eigenvalue weighted by molar-refractivity contribution is 0.159. The van der Waals surface area contributed by atoms with Gasteiger partial charge in [-0.2, -0.15) is 5.10 Å². The normalized spacial score (nSPS) is 19.3. The smallest absolute Gasteiger partial charge is 0.267 e. The fourth-order valence-corrected chi connectivity index (χ4v) is 3.79. The number of nitrogens with zero attached hydrogens (tertiary/aromatic N) is 5. The van der Waals surface area contributed by atoms with E-state index in [2.05, 4.69) is 24.9 Å². The zero-order chi connectivity index (χ0) is 16.4. The lowest BCUT2D eigenvalue weighted by atomic mass is 9.96. The molecule has 0 unspecified atom stereocenters. The summed E-state index contributed by atoms with van der Waals surface area (Å²) in [6.07, 6.45) is 8.22. The highest BCUT2D eigenvalue weighted by atomic mass is 16.6. The van der Waals surface area contributed by atoms with Crippen LogP contribution in [0.4, 0.5) is 0 Å². The second-order valence-corrected chi connectivity index (χ2v) is 6.96. The van der Waals surface area contributed by atoms with Gasteiger partial charge in [-0.15, -0.1) is 0 Å². The van der Waals surface area contributed by atoms with Gasteiger partial charge in [0.05, 0.1) is 11.9 Å². The Balaban J connectivity index is 1.36. The van der Waals surface area contributed by atoms with E-state index in [4.69, 9.17) is 0 Å². The van der Waals surface area contributed by atoms with Gasteiger partial charge in [0.15, 0.2) is 0 Å². The Morgan fingerprint density at radius 3 is 2.83 bits per heavy atom. The third kappa shape index (κ3) is 3.40. The molecule has 0 bridgehead atoms. The van der Waals surface area contributed by atoms with Gasteiger partial charge in [-0.3, -0.25) is 9.69 Å². The highest BCUT2D eigenvalue weighted by Crippen LogP contribution is 2.21. The van der Waals surface area contributed by atoms with E-state index < -0.39 is 0 Å². The Hall–Kier alpha value is -2.02. The summed E-state index contributed by atoms with van der Waals surface area (Å²) in [5.74, 6) is 0.517. The minimum absolute atomic E-state index is 0.0618. The molecule has 2 aromatic heterocycles. The summed E-state index contributed by atoms with van der Waals surface area (Å²) in [7, 11) is 0. The van der Waals surface area contributed by atoms with Crippen LogP contribution in [-0.2, 0) is 25.9 Å². The largest absolute Gasteiger partial charge is 0.297 e. The predicted octanol–water partition coefficient (Wildman–Crippen LogP) is 1.42. The molecule has 2 aromatic rings. The summed E-state index contributed by atoms with van der Waals surface area (Å²) >= 11 is 0. The number of likely N-dealkylation sites (tertiary alicyclic amines) is 1. The van der Waals surface area contributed by atoms with Crippen molar-refractivity contribution in [3.63, 3.8) is 0 Å². The minimum Gasteiger partial charge on any atom is -0.297 e. The molecule has 0 spiro atoms. The van der Waals surface area contributed by atoms with Gasteiger partial charge < -0.3 is 0 Å². The number of hydrogen-bond acceptors (Lipinski definition) is 6. The summed E-state index contributed by atoms with van der Waals surface area (Å²) in [5, 5.41) is 12.2. The monoisotopic (exact) mass is 329 g/mol. The molecule has 3 heterocycles. The van der Waals surface area contributed by atoms with E-state index in [1.807, 2.05) is 6.07 Å². The Kier molecular flexibility index (Phi) is 4.42. The van der Waals surface area contributed by atoms with Crippen LogP contribution in [0.5, 0.6) is 0 Å². The Morgan fingerprint density at radius 1 is 1.21 bits per heavy atom. The average molecular weight is 329 g/mol. The lowest BCUT2D eigenvalue weighted by Crippen LogP contribution is -2.37. The molecule has 1 saturated heterocycles. The first kappa shape index (κ1) is 15.5. The van der Waals surface area contributed by atoms with Crippen LogP contribution in [0.1, 0.15) is 42.6 Å². The van der Waals surface area contributed by atoms with Crippen molar-refractivity contribution < 1.29 is 4.63 Å². The first-order valence-electron chi connectivity index (χ1n) is 8.86. The zero-order valence-electron chi connectivity index (χ0n) is 13.9. The summed E-state index contributed by atoms with van der Waals surface area (Å²) < 4.78 is 6.34. The van der Waals surface area contributed by atoms with Crippen LogP contribution >= 0.6 is 0 Å². The van der Waals surface area contributed by atoms with E-state index in [1.165, 1.54) is 18.4 Å². The first-order chi connectivity index (χ1) is 11.8. The highest BCUT2D eigenvalue weighted by Gasteiger charge is 2.22. The molecule has 4 rings (SSSR count). The van der Waals surface area contributed by atoms with Crippen LogP contribution in [0.3, 0.4) is 0 Å². The summed E-state index contributed by atoms with van der Waals surface area (Å²) in [6.45, 7) is 3.55. The maximum absolute atomic E-state index is 12.3. The van der Waals surface area contributed by atoms with Gasteiger partial charge in [0.2, 0.25) is 0 Å². The van der Waals surface area contributed by atoms with E-state index in [0.717, 1.165) is 63.3 Å². The Labute approximate surface area is 140 Å². The molecule has 0 radical (unpaired) electrons. The maximum Gasteiger partial charge on any atom is 0.267 e.